The number of phenols is 3. The van der Waals surface area contributed by atoms with Crippen LogP contribution in [0.4, 0.5) is 0 Å². The van der Waals surface area contributed by atoms with Gasteiger partial charge in [-0.15, -0.1) is 0 Å². The zero-order valence-corrected chi connectivity index (χ0v) is 50.3. The van der Waals surface area contributed by atoms with E-state index in [0.29, 0.717) is 50.2 Å². The van der Waals surface area contributed by atoms with Crippen molar-refractivity contribution in [3.8, 4) is 51.7 Å². The number of fused-ring (bicyclic) bond motifs is 10. The minimum absolute atomic E-state index is 0.00492. The summed E-state index contributed by atoms with van der Waals surface area (Å²) in [5.41, 5.74) is 4.98. The normalized spacial score (nSPS) is 31.7. The second-order valence-corrected chi connectivity index (χ2v) is 28.8. The molecule has 0 saturated heterocycles. The molecule has 11 bridgehead atoms. The summed E-state index contributed by atoms with van der Waals surface area (Å²) in [5, 5.41) is 65.1. The number of aromatic hydroxyl groups is 3. The Morgan fingerprint density at radius 1 is 0.849 bits per heavy atom. The van der Waals surface area contributed by atoms with E-state index in [4.69, 9.17) is 18.9 Å². The highest BCUT2D eigenvalue weighted by Crippen LogP contribution is 2.70. The Balaban J connectivity index is 0.988. The Bertz CT molecular complexity index is 3720. The van der Waals surface area contributed by atoms with Gasteiger partial charge in [-0.1, -0.05) is 119 Å². The summed E-state index contributed by atoms with van der Waals surface area (Å²) in [4.78, 5) is 30.9. The van der Waals surface area contributed by atoms with Crippen LogP contribution in [0.3, 0.4) is 0 Å². The summed E-state index contributed by atoms with van der Waals surface area (Å²) in [7, 11) is 4.40. The van der Waals surface area contributed by atoms with Gasteiger partial charge in [0, 0.05) is 54.9 Å². The van der Waals surface area contributed by atoms with Crippen LogP contribution >= 0.6 is 21.6 Å². The van der Waals surface area contributed by atoms with Crippen molar-refractivity contribution in [3.63, 3.8) is 0 Å². The SMILES string of the molecule is COc1cc2c(cc1O)[C@H]1C[C@H](O)[C@H]3Cc4cc(O)c5cc4[C@@H]4C[C@@H](C[C@@H](OC(C)=O)[C@@H](C2)[C@]1(/C=C/c1ccccc1)[C@@H]34)OC(=O)[C@]12C[C@H](C#CC3(CCCC3)CNCc3cccc(c3)-c3cc(O)cc4ccc1cc34)C[C@H](CSS[C@H](O)CO5)C2. The fraction of sp³-hybridized carbons (Fsp3) is 0.444. The first-order valence-electron chi connectivity index (χ1n) is 30.9. The lowest BCUT2D eigenvalue weighted by atomic mass is 9.40. The van der Waals surface area contributed by atoms with Gasteiger partial charge in [0.2, 0.25) is 0 Å². The maximum absolute atomic E-state index is 16.9. The lowest BCUT2D eigenvalue weighted by Crippen LogP contribution is -2.62. The molecule has 8 aliphatic rings. The molecule has 4 saturated carbocycles. The maximum Gasteiger partial charge on any atom is 0.316 e. The molecule has 4 fully saturated rings. The molecule has 2 heterocycles. The van der Waals surface area contributed by atoms with Crippen LogP contribution in [0.1, 0.15) is 122 Å². The van der Waals surface area contributed by atoms with Crippen LogP contribution in [0.2, 0.25) is 0 Å². The van der Waals surface area contributed by atoms with Gasteiger partial charge in [0.25, 0.3) is 0 Å². The third kappa shape index (κ3) is 10.3. The number of carbonyl (C=O) groups excluding carboxylic acids is 2. The van der Waals surface area contributed by atoms with Gasteiger partial charge >= 0.3 is 11.9 Å². The van der Waals surface area contributed by atoms with Crippen LogP contribution in [0.25, 0.3) is 28.0 Å². The minimum atomic E-state index is -1.24. The van der Waals surface area contributed by atoms with E-state index in [-0.39, 0.29) is 83.4 Å². The quantitative estimate of drug-likeness (QED) is 0.0557. The van der Waals surface area contributed by atoms with E-state index in [9.17, 15) is 30.3 Å². The summed E-state index contributed by atoms with van der Waals surface area (Å²) >= 11 is 0. The Morgan fingerprint density at radius 2 is 1.69 bits per heavy atom. The van der Waals surface area contributed by atoms with Crippen molar-refractivity contribution in [3.05, 3.63) is 154 Å². The lowest BCUT2D eigenvalue weighted by Gasteiger charge is -2.64. The van der Waals surface area contributed by atoms with Gasteiger partial charge in [0.05, 0.1) is 18.6 Å². The number of methoxy groups -OCH3 is 1. The highest BCUT2D eigenvalue weighted by atomic mass is 33.1. The summed E-state index contributed by atoms with van der Waals surface area (Å²) in [6, 6.07) is 35.8. The van der Waals surface area contributed by atoms with Crippen LogP contribution in [0.5, 0.6) is 28.7 Å². The predicted molar refractivity (Wildman–Crippen MR) is 335 cm³/mol. The fourth-order valence-corrected chi connectivity index (χ4v) is 19.9. The standard InChI is InChI=1S/C72H75NO11S2/c1-41(74)83-64-31-52-30-57-55-33-66(62(77)26-48(55)24-58-61(76)34-59-56-32-63(78)65(81-2)27-49(56)25-60(64)72(59,68(57)58)20-16-42-9-4-3-5-10-42)82-38-67(79)86-85-39-45-21-43-15-19-70(17-6-7-18-70)40-73-37-44-11-8-12-46(22-44)54-29-51(75)23-47-13-14-50(28-53(47)54)71(35-43,36-45)69(80)84-52/h3-5,8-14,16,20,22-23,26-29,32-33,43,45,52,57-61,64,67-68,73,75-79H,6-7,17-18,21,24-25,30-31,34-40H2,1-2H3/b20-16+/t43-,45+,52+,57+,58-,59-,60-,61+,64-,67+,68-,71+,72-/m1/s1. The highest BCUT2D eigenvalue weighted by molar-refractivity contribution is 8.76. The summed E-state index contributed by atoms with van der Waals surface area (Å²) in [6.07, 6.45) is 9.34. The predicted octanol–water partition coefficient (Wildman–Crippen LogP) is 12.7. The van der Waals surface area contributed by atoms with Gasteiger partial charge in [-0.3, -0.25) is 9.59 Å². The average Bonchev–Trinajstić information content (AvgIpc) is 0.724. The van der Waals surface area contributed by atoms with Gasteiger partial charge in [0.1, 0.15) is 30.0 Å². The number of benzene rings is 6. The topological polar surface area (TPSA) is 184 Å². The van der Waals surface area contributed by atoms with Crippen molar-refractivity contribution in [1.29, 1.82) is 0 Å². The number of aliphatic hydroxyl groups is 2. The smallest absolute Gasteiger partial charge is 0.316 e. The van der Waals surface area contributed by atoms with E-state index < -0.39 is 52.4 Å². The van der Waals surface area contributed by atoms with Crippen LogP contribution in [0, 0.1) is 52.3 Å². The number of rotatable bonds is 4. The Hall–Kier alpha value is -6.60. The number of esters is 2. The number of aliphatic hydroxyl groups excluding tert-OH is 2. The monoisotopic (exact) mass is 1190 g/mol. The van der Waals surface area contributed by atoms with Crippen molar-refractivity contribution < 1.29 is 54.1 Å². The molecule has 12 nitrogen and oxygen atoms in total. The second kappa shape index (κ2) is 22.8. The molecular formula is C72H75NO11S2. The molecule has 86 heavy (non-hydrogen) atoms. The molecule has 446 valence electrons. The lowest BCUT2D eigenvalue weighted by molar-refractivity contribution is -0.179. The maximum atomic E-state index is 16.9. The van der Waals surface area contributed by atoms with Gasteiger partial charge in [0.15, 0.2) is 23.0 Å². The van der Waals surface area contributed by atoms with Crippen molar-refractivity contribution in [2.75, 3.05) is 26.0 Å². The molecule has 6 aromatic carbocycles. The van der Waals surface area contributed by atoms with E-state index in [1.54, 1.807) is 29.0 Å². The Kier molecular flexibility index (Phi) is 15.2. The zero-order chi connectivity index (χ0) is 59.1. The number of ether oxygens (including phenoxy) is 4. The number of hydrogen-bond donors (Lipinski definition) is 6. The largest absolute Gasteiger partial charge is 0.508 e. The first-order chi connectivity index (χ1) is 41.7. The van der Waals surface area contributed by atoms with Gasteiger partial charge < -0.3 is 49.8 Å². The van der Waals surface area contributed by atoms with E-state index >= 15 is 4.79 Å². The van der Waals surface area contributed by atoms with E-state index in [0.717, 1.165) is 99.5 Å². The van der Waals surface area contributed by atoms with Gasteiger partial charge in [-0.25, -0.2) is 0 Å². The van der Waals surface area contributed by atoms with E-state index in [1.165, 1.54) is 24.8 Å². The Labute approximate surface area is 510 Å². The molecule has 14 rings (SSSR count). The van der Waals surface area contributed by atoms with Gasteiger partial charge in [-0.05, 0) is 197 Å². The number of nitrogens with one attached hydrogen (secondary N) is 1. The Morgan fingerprint density at radius 3 is 2.51 bits per heavy atom. The first-order valence-corrected chi connectivity index (χ1v) is 33.3. The molecule has 14 heteroatoms. The van der Waals surface area contributed by atoms with Crippen LogP contribution in [-0.4, -0.2) is 87.2 Å². The fourth-order valence-electron chi connectivity index (χ4n) is 17.6. The summed E-state index contributed by atoms with van der Waals surface area (Å²) < 4.78 is 26.5. The molecule has 2 spiro atoms. The summed E-state index contributed by atoms with van der Waals surface area (Å²) in [5.74, 6) is 5.90. The molecule has 6 N–H and O–H groups in total. The van der Waals surface area contributed by atoms with Crippen molar-refractivity contribution in [1.82, 2.24) is 5.32 Å². The molecule has 0 amide bonds. The second-order valence-electron chi connectivity index (χ2n) is 26.2. The third-order valence-electron chi connectivity index (χ3n) is 21.2. The van der Waals surface area contributed by atoms with Crippen LogP contribution < -0.4 is 14.8 Å². The molecular weight excluding hydrogens is 1120 g/mol. The minimum Gasteiger partial charge on any atom is -0.508 e. The number of phenolic OH excluding ortho intramolecular Hbond substituents is 3. The molecule has 0 radical (unpaired) electrons. The first kappa shape index (κ1) is 57.2. The molecule has 13 atom stereocenters. The van der Waals surface area contributed by atoms with Crippen molar-refractivity contribution in [2.45, 2.75) is 132 Å². The molecule has 0 unspecified atom stereocenters. The van der Waals surface area contributed by atoms with Crippen molar-refractivity contribution in [2.24, 2.45) is 40.4 Å². The van der Waals surface area contributed by atoms with Crippen LogP contribution in [0.15, 0.2) is 115 Å². The summed E-state index contributed by atoms with van der Waals surface area (Å²) in [6.45, 7) is 2.75. The van der Waals surface area contributed by atoms with E-state index in [2.05, 4.69) is 71.8 Å². The average molecular weight is 1190 g/mol. The molecule has 2 aliphatic heterocycles. The zero-order valence-electron chi connectivity index (χ0n) is 48.7. The molecule has 6 aliphatic carbocycles. The van der Waals surface area contributed by atoms with Gasteiger partial charge in [-0.2, -0.15) is 0 Å². The molecule has 0 aromatic heterocycles. The van der Waals surface area contributed by atoms with Crippen molar-refractivity contribution >= 4 is 50.4 Å². The van der Waals surface area contributed by atoms with E-state index in [1.807, 2.05) is 48.5 Å². The third-order valence-corrected chi connectivity index (χ3v) is 23.8. The number of carbonyl (C=O) groups is 2. The number of hydrogen-bond acceptors (Lipinski definition) is 14. The highest BCUT2D eigenvalue weighted by Gasteiger charge is 2.66. The molecule has 6 aromatic rings. The number of allylic oxidation sites excluding steroid dienone is 1. The van der Waals surface area contributed by atoms with Crippen LogP contribution in [-0.2, 0) is 43.9 Å².